The predicted molar refractivity (Wildman–Crippen MR) is 73.2 cm³/mol. The summed E-state index contributed by atoms with van der Waals surface area (Å²) in [5.41, 5.74) is 0. The highest BCUT2D eigenvalue weighted by molar-refractivity contribution is 7.89. The van der Waals surface area contributed by atoms with Crippen LogP contribution in [0.1, 0.15) is 26.7 Å². The first-order chi connectivity index (χ1) is 9.09. The largest absolute Gasteiger partial charge is 0.335 e. The summed E-state index contributed by atoms with van der Waals surface area (Å²) in [6, 6.07) is 0.420. The Kier molecular flexibility index (Phi) is 4.59. The van der Waals surface area contributed by atoms with E-state index in [-0.39, 0.29) is 5.03 Å². The molecule has 1 aliphatic heterocycles. The molecule has 7 heteroatoms. The maximum absolute atomic E-state index is 12.4. The number of nitrogens with zero attached hydrogens (tertiary/aromatic N) is 2. The van der Waals surface area contributed by atoms with E-state index in [1.165, 1.54) is 12.5 Å². The number of hydrogen-bond acceptors (Lipinski definition) is 4. The van der Waals surface area contributed by atoms with Crippen molar-refractivity contribution in [3.05, 3.63) is 12.5 Å². The summed E-state index contributed by atoms with van der Waals surface area (Å²) < 4.78 is 26.4. The molecule has 2 heterocycles. The second kappa shape index (κ2) is 6.02. The van der Waals surface area contributed by atoms with Gasteiger partial charge in [-0.1, -0.05) is 20.3 Å². The Balaban J connectivity index is 2.12. The van der Waals surface area contributed by atoms with Crippen molar-refractivity contribution in [2.24, 2.45) is 5.92 Å². The lowest BCUT2D eigenvalue weighted by molar-refractivity contribution is 0.204. The number of imidazole rings is 1. The minimum absolute atomic E-state index is 0.184. The molecule has 1 aliphatic rings. The average Bonchev–Trinajstić information content (AvgIpc) is 2.94. The summed E-state index contributed by atoms with van der Waals surface area (Å²) in [5.74, 6) is 0.367. The maximum Gasteiger partial charge on any atom is 0.260 e. The third-order valence-corrected chi connectivity index (χ3v) is 5.57. The van der Waals surface area contributed by atoms with Crippen molar-refractivity contribution in [3.8, 4) is 0 Å². The number of piperidine rings is 1. The molecular weight excluding hydrogens is 264 g/mol. The van der Waals surface area contributed by atoms with E-state index in [0.717, 1.165) is 19.4 Å². The van der Waals surface area contributed by atoms with Gasteiger partial charge in [0.2, 0.25) is 0 Å². The number of sulfonamides is 1. The van der Waals surface area contributed by atoms with E-state index < -0.39 is 10.0 Å². The molecule has 1 aromatic rings. The molecule has 0 radical (unpaired) electrons. The normalized spacial score (nSPS) is 25.6. The first-order valence-corrected chi connectivity index (χ1v) is 8.25. The van der Waals surface area contributed by atoms with Crippen molar-refractivity contribution in [1.29, 1.82) is 0 Å². The van der Waals surface area contributed by atoms with Gasteiger partial charge in [0.05, 0.1) is 12.5 Å². The molecular formula is C12H22N4O2S. The Bertz CT molecular complexity index is 486. The van der Waals surface area contributed by atoms with Crippen molar-refractivity contribution in [3.63, 3.8) is 0 Å². The van der Waals surface area contributed by atoms with Crippen LogP contribution in [-0.2, 0) is 10.0 Å². The molecule has 2 N–H and O–H groups in total. The number of H-pyrrole nitrogens is 1. The van der Waals surface area contributed by atoms with Crippen molar-refractivity contribution < 1.29 is 8.42 Å². The molecule has 19 heavy (non-hydrogen) atoms. The third kappa shape index (κ3) is 2.98. The smallest absolute Gasteiger partial charge is 0.260 e. The minimum Gasteiger partial charge on any atom is -0.335 e. The molecule has 0 amide bonds. The van der Waals surface area contributed by atoms with Gasteiger partial charge in [-0.25, -0.2) is 13.4 Å². The topological polar surface area (TPSA) is 78.1 Å². The highest BCUT2D eigenvalue weighted by Crippen LogP contribution is 2.24. The second-order valence-electron chi connectivity index (χ2n) is 4.90. The number of nitrogens with one attached hydrogen (secondary N) is 2. The highest BCUT2D eigenvalue weighted by Gasteiger charge is 2.34. The zero-order valence-electron chi connectivity index (χ0n) is 11.5. The van der Waals surface area contributed by atoms with E-state index in [1.807, 2.05) is 0 Å². The van der Waals surface area contributed by atoms with Gasteiger partial charge in [0.1, 0.15) is 0 Å². The van der Waals surface area contributed by atoms with Gasteiger partial charge in [-0.15, -0.1) is 0 Å². The molecule has 1 saturated heterocycles. The predicted octanol–water partition coefficient (Wildman–Crippen LogP) is 0.808. The van der Waals surface area contributed by atoms with Gasteiger partial charge in [0.25, 0.3) is 10.0 Å². The second-order valence-corrected chi connectivity index (χ2v) is 6.81. The summed E-state index contributed by atoms with van der Waals surface area (Å²) in [5, 5.41) is 3.64. The van der Waals surface area contributed by atoms with Gasteiger partial charge >= 0.3 is 0 Å². The van der Waals surface area contributed by atoms with Crippen molar-refractivity contribution in [1.82, 2.24) is 19.6 Å². The highest BCUT2D eigenvalue weighted by atomic mass is 32.2. The molecule has 2 unspecified atom stereocenters. The van der Waals surface area contributed by atoms with Crippen LogP contribution in [0, 0.1) is 5.92 Å². The van der Waals surface area contributed by atoms with Gasteiger partial charge < -0.3 is 10.3 Å². The van der Waals surface area contributed by atoms with Crippen molar-refractivity contribution in [2.75, 3.05) is 19.6 Å². The zero-order chi connectivity index (χ0) is 13.9. The number of aromatic nitrogens is 2. The molecule has 0 spiro atoms. The van der Waals surface area contributed by atoms with E-state index in [1.54, 1.807) is 4.31 Å². The van der Waals surface area contributed by atoms with E-state index in [0.29, 0.717) is 25.0 Å². The Morgan fingerprint density at radius 3 is 2.89 bits per heavy atom. The lowest BCUT2D eigenvalue weighted by Gasteiger charge is -2.37. The Morgan fingerprint density at radius 2 is 2.32 bits per heavy atom. The Labute approximate surface area is 114 Å². The first-order valence-electron chi connectivity index (χ1n) is 6.81. The zero-order valence-corrected chi connectivity index (χ0v) is 12.3. The Hall–Kier alpha value is -0.920. The van der Waals surface area contributed by atoms with Gasteiger partial charge in [0.15, 0.2) is 5.03 Å². The number of hydrogen-bond donors (Lipinski definition) is 2. The minimum atomic E-state index is -3.41. The molecule has 108 valence electrons. The molecule has 2 rings (SSSR count). The number of rotatable bonds is 5. The fourth-order valence-corrected chi connectivity index (χ4v) is 4.09. The lowest BCUT2D eigenvalue weighted by atomic mass is 9.91. The summed E-state index contributed by atoms with van der Waals surface area (Å²) in [6.45, 7) is 6.27. The van der Waals surface area contributed by atoms with Gasteiger partial charge in [-0.05, 0) is 18.9 Å². The summed E-state index contributed by atoms with van der Waals surface area (Å²) >= 11 is 0. The lowest BCUT2D eigenvalue weighted by Crippen LogP contribution is -2.50. The molecule has 2 atom stereocenters. The molecule has 0 aliphatic carbocycles. The van der Waals surface area contributed by atoms with Crippen molar-refractivity contribution >= 4 is 10.0 Å². The third-order valence-electron chi connectivity index (χ3n) is 3.78. The first kappa shape index (κ1) is 14.5. The van der Waals surface area contributed by atoms with Crippen LogP contribution in [-0.4, -0.2) is 48.4 Å². The van der Waals surface area contributed by atoms with E-state index in [9.17, 15) is 8.42 Å². The van der Waals surface area contributed by atoms with Crippen LogP contribution >= 0.6 is 0 Å². The SMILES string of the molecule is CCNC1CCN(S(=O)(=O)c2cnc[nH]2)CC1CC. The monoisotopic (exact) mass is 286 g/mol. The summed E-state index contributed by atoms with van der Waals surface area (Å²) in [6.07, 6.45) is 4.61. The molecule has 6 nitrogen and oxygen atoms in total. The average molecular weight is 286 g/mol. The van der Waals surface area contributed by atoms with Gasteiger partial charge in [-0.2, -0.15) is 4.31 Å². The molecule has 0 aromatic carbocycles. The fourth-order valence-electron chi connectivity index (χ4n) is 2.68. The summed E-state index contributed by atoms with van der Waals surface area (Å²) in [7, 11) is -3.41. The molecule has 1 aromatic heterocycles. The van der Waals surface area contributed by atoms with Crippen molar-refractivity contribution in [2.45, 2.75) is 37.8 Å². The number of aromatic amines is 1. The standard InChI is InChI=1S/C12H22N4O2S/c1-3-10-8-16(6-5-11(10)14-4-2)19(17,18)12-7-13-9-15-12/h7,9-11,14H,3-6,8H2,1-2H3,(H,13,15). The van der Waals surface area contributed by atoms with Crippen LogP contribution in [0.5, 0.6) is 0 Å². The quantitative estimate of drug-likeness (QED) is 0.839. The van der Waals surface area contributed by atoms with Crippen LogP contribution in [0.2, 0.25) is 0 Å². The Morgan fingerprint density at radius 1 is 1.53 bits per heavy atom. The maximum atomic E-state index is 12.4. The summed E-state index contributed by atoms with van der Waals surface area (Å²) in [4.78, 5) is 6.48. The van der Waals surface area contributed by atoms with Crippen LogP contribution in [0.4, 0.5) is 0 Å². The van der Waals surface area contributed by atoms with Gasteiger partial charge in [-0.3, -0.25) is 0 Å². The van der Waals surface area contributed by atoms with Crippen LogP contribution in [0.15, 0.2) is 17.6 Å². The molecule has 0 saturated carbocycles. The molecule has 1 fully saturated rings. The fraction of sp³-hybridized carbons (Fsp3) is 0.750. The van der Waals surface area contributed by atoms with E-state index >= 15 is 0 Å². The molecule has 0 bridgehead atoms. The van der Waals surface area contributed by atoms with Crippen LogP contribution < -0.4 is 5.32 Å². The van der Waals surface area contributed by atoms with Gasteiger partial charge in [0, 0.05) is 19.1 Å². The van der Waals surface area contributed by atoms with Crippen LogP contribution in [0.3, 0.4) is 0 Å². The van der Waals surface area contributed by atoms with E-state index in [4.69, 9.17) is 0 Å². The van der Waals surface area contributed by atoms with E-state index in [2.05, 4.69) is 29.1 Å². The van der Waals surface area contributed by atoms with Crippen LogP contribution in [0.25, 0.3) is 0 Å².